The van der Waals surface area contributed by atoms with Crippen molar-refractivity contribution >= 4 is 5.97 Å². The second-order valence-electron chi connectivity index (χ2n) is 15.2. The Bertz CT molecular complexity index is 960. The molecule has 4 aliphatic carbocycles. The fourth-order valence-corrected chi connectivity index (χ4v) is 10.3. The zero-order valence-corrected chi connectivity index (χ0v) is 26.0. The number of carboxylic acids is 1. The molecule has 0 amide bonds. The Morgan fingerprint density at radius 2 is 1.28 bits per heavy atom. The highest BCUT2D eigenvalue weighted by molar-refractivity contribution is 5.72. The summed E-state index contributed by atoms with van der Waals surface area (Å²) < 4.78 is 11.2. The van der Waals surface area contributed by atoms with Gasteiger partial charge in [-0.15, -0.1) is 0 Å². The number of hydrogen-bond acceptors (Lipinski definition) is 10. The molecule has 6 rings (SSSR count). The van der Waals surface area contributed by atoms with E-state index < -0.39 is 65.6 Å². The quantitative estimate of drug-likeness (QED) is 0.221. The first kappa shape index (κ1) is 33.5. The molecule has 6 fully saturated rings. The van der Waals surface area contributed by atoms with Crippen molar-refractivity contribution < 1.29 is 55.1 Å². The van der Waals surface area contributed by atoms with E-state index in [1.54, 1.807) is 20.8 Å². The van der Waals surface area contributed by atoms with Gasteiger partial charge in [0.1, 0.15) is 12.2 Å². The van der Waals surface area contributed by atoms with Crippen LogP contribution in [0.3, 0.4) is 0 Å². The third-order valence-corrected chi connectivity index (χ3v) is 13.1. The predicted molar refractivity (Wildman–Crippen MR) is 154 cm³/mol. The van der Waals surface area contributed by atoms with E-state index in [1.807, 2.05) is 0 Å². The molecule has 4 saturated carbocycles. The molecule has 6 aliphatic rings. The predicted octanol–water partition coefficient (Wildman–Crippen LogP) is 0.961. The van der Waals surface area contributed by atoms with Gasteiger partial charge in [-0.1, -0.05) is 13.8 Å². The minimum Gasteiger partial charge on any atom is -0.481 e. The number of aliphatic hydroxyl groups is 7. The van der Waals surface area contributed by atoms with Crippen molar-refractivity contribution in [2.45, 2.75) is 159 Å². The highest BCUT2D eigenvalue weighted by atomic mass is 16.6. The maximum atomic E-state index is 11.8. The summed E-state index contributed by atoms with van der Waals surface area (Å²) in [6, 6.07) is 0. The van der Waals surface area contributed by atoms with Gasteiger partial charge in [0.15, 0.2) is 0 Å². The molecule has 0 aromatic heterocycles. The van der Waals surface area contributed by atoms with Gasteiger partial charge in [-0.05, 0) is 88.4 Å². The van der Waals surface area contributed by atoms with E-state index in [2.05, 4.69) is 6.92 Å². The molecule has 43 heavy (non-hydrogen) atoms. The van der Waals surface area contributed by atoms with Crippen molar-refractivity contribution in [2.75, 3.05) is 0 Å². The largest absolute Gasteiger partial charge is 0.481 e. The summed E-state index contributed by atoms with van der Waals surface area (Å²) in [4.78, 5) is 11.8. The summed E-state index contributed by atoms with van der Waals surface area (Å²) in [6.07, 6.45) is 0.281. The molecule has 248 valence electrons. The number of fused-ring (bicyclic) bond motifs is 5. The smallest absolute Gasteiger partial charge is 0.307 e. The maximum Gasteiger partial charge on any atom is 0.307 e. The van der Waals surface area contributed by atoms with Crippen LogP contribution in [-0.4, -0.2) is 113 Å². The summed E-state index contributed by atoms with van der Waals surface area (Å²) in [6.45, 7) is 7.47. The Balaban J connectivity index is 0.000000181. The summed E-state index contributed by atoms with van der Waals surface area (Å²) in [5.74, 6) is -0.862. The standard InChI is InChI=1S/C20H32O5.C12H22O6/c1-18-7-5-12(21)9-11(18)3-4-13-15(18)10-16(22)19(2)14(17(23)24)6-8-20(13,19)25;1-5-11(15)7(13)3-9(17-5)10-4-8(14)12(16)6(2)18-10/h11-16,21-22,25H,3-10H2,1-2H3,(H,23,24);5-16H,3-4H2,1-2H3/t11-,12+,13-,14-,15+,16-,18+,19+,20+;5?,6?,7-,8-,9+,10+,11?,12?/m11/s1. The number of aliphatic carboxylic acids is 1. The third-order valence-electron chi connectivity index (χ3n) is 13.1. The van der Waals surface area contributed by atoms with Crippen molar-refractivity contribution in [1.29, 1.82) is 0 Å². The monoisotopic (exact) mass is 614 g/mol. The fourth-order valence-electron chi connectivity index (χ4n) is 10.3. The topological polar surface area (TPSA) is 197 Å². The summed E-state index contributed by atoms with van der Waals surface area (Å²) in [5, 5.41) is 81.2. The van der Waals surface area contributed by atoms with Gasteiger partial charge in [0, 0.05) is 18.3 Å². The first-order chi connectivity index (χ1) is 20.0. The molecule has 4 unspecified atom stereocenters. The normalized spacial score (nSPS) is 56.5. The van der Waals surface area contributed by atoms with E-state index >= 15 is 0 Å². The lowest BCUT2D eigenvalue weighted by atomic mass is 9.42. The lowest BCUT2D eigenvalue weighted by Crippen LogP contribution is -2.67. The van der Waals surface area contributed by atoms with E-state index in [9.17, 15) is 45.6 Å². The van der Waals surface area contributed by atoms with Gasteiger partial charge in [-0.3, -0.25) is 4.79 Å². The second-order valence-corrected chi connectivity index (χ2v) is 15.2. The molecule has 2 heterocycles. The summed E-state index contributed by atoms with van der Waals surface area (Å²) in [5.41, 5.74) is -2.03. The first-order valence-corrected chi connectivity index (χ1v) is 16.4. The van der Waals surface area contributed by atoms with Gasteiger partial charge >= 0.3 is 5.97 Å². The van der Waals surface area contributed by atoms with E-state index in [-0.39, 0.29) is 48.4 Å². The van der Waals surface area contributed by atoms with E-state index in [1.165, 1.54) is 0 Å². The van der Waals surface area contributed by atoms with Gasteiger partial charge in [0.05, 0.1) is 60.4 Å². The number of aliphatic hydroxyl groups excluding tert-OH is 6. The highest BCUT2D eigenvalue weighted by Gasteiger charge is 2.71. The zero-order chi connectivity index (χ0) is 31.6. The minimum atomic E-state index is -1.09. The van der Waals surface area contributed by atoms with Gasteiger partial charge in [0.2, 0.25) is 0 Å². The van der Waals surface area contributed by atoms with Crippen LogP contribution in [0.25, 0.3) is 0 Å². The SMILES string of the molecule is CC1O[C@H]([C@@H]2C[C@@H](O)C(O)C(C)O2)C[C@@H](O)C1O.C[C@]12CC[C@H](O)C[C@H]1CC[C@@H]1[C@@H]2C[C@@H](O)[C@]2(C)[C@@H](C(=O)O)CC[C@]12O. The summed E-state index contributed by atoms with van der Waals surface area (Å²) in [7, 11) is 0. The van der Waals surface area contributed by atoms with E-state index in [0.29, 0.717) is 25.2 Å². The van der Waals surface area contributed by atoms with Crippen LogP contribution >= 0.6 is 0 Å². The summed E-state index contributed by atoms with van der Waals surface area (Å²) >= 11 is 0. The zero-order valence-electron chi connectivity index (χ0n) is 26.0. The van der Waals surface area contributed by atoms with Crippen LogP contribution in [0.2, 0.25) is 0 Å². The Hall–Kier alpha value is -0.890. The van der Waals surface area contributed by atoms with Crippen LogP contribution in [0.5, 0.6) is 0 Å². The number of rotatable bonds is 2. The lowest BCUT2D eigenvalue weighted by molar-refractivity contribution is -0.248. The van der Waals surface area contributed by atoms with Crippen LogP contribution in [-0.2, 0) is 14.3 Å². The molecule has 0 spiro atoms. The Labute approximate surface area is 254 Å². The molecule has 8 N–H and O–H groups in total. The molecule has 2 aliphatic heterocycles. The molecular weight excluding hydrogens is 560 g/mol. The van der Waals surface area contributed by atoms with Gasteiger partial charge < -0.3 is 50.3 Å². The van der Waals surface area contributed by atoms with Crippen LogP contribution in [0, 0.1) is 34.5 Å². The maximum absolute atomic E-state index is 11.8. The fraction of sp³-hybridized carbons (Fsp3) is 0.969. The number of carboxylic acid groups (broad SMARTS) is 1. The number of ether oxygens (including phenoxy) is 2. The average Bonchev–Trinajstić information content (AvgIpc) is 3.24. The molecule has 0 bridgehead atoms. The Morgan fingerprint density at radius 3 is 1.79 bits per heavy atom. The van der Waals surface area contributed by atoms with Gasteiger partial charge in [0.25, 0.3) is 0 Å². The van der Waals surface area contributed by atoms with E-state index in [4.69, 9.17) is 9.47 Å². The number of hydrogen-bond donors (Lipinski definition) is 8. The molecule has 2 saturated heterocycles. The van der Waals surface area contributed by atoms with Crippen LogP contribution in [0.1, 0.15) is 91.9 Å². The van der Waals surface area contributed by atoms with Crippen molar-refractivity contribution in [3.8, 4) is 0 Å². The molecular formula is C32H54O11. The molecule has 0 aromatic carbocycles. The molecule has 11 heteroatoms. The lowest BCUT2D eigenvalue weighted by Gasteiger charge is -2.64. The Kier molecular flexibility index (Phi) is 9.37. The van der Waals surface area contributed by atoms with Crippen molar-refractivity contribution in [3.63, 3.8) is 0 Å². The van der Waals surface area contributed by atoms with Crippen LogP contribution in [0.4, 0.5) is 0 Å². The van der Waals surface area contributed by atoms with Gasteiger partial charge in [-0.2, -0.15) is 0 Å². The molecule has 0 radical (unpaired) electrons. The van der Waals surface area contributed by atoms with Crippen molar-refractivity contribution in [1.82, 2.24) is 0 Å². The molecule has 11 nitrogen and oxygen atoms in total. The minimum absolute atomic E-state index is 0.0293. The third kappa shape index (κ3) is 5.48. The first-order valence-electron chi connectivity index (χ1n) is 16.4. The second kappa shape index (κ2) is 12.0. The van der Waals surface area contributed by atoms with Crippen molar-refractivity contribution in [3.05, 3.63) is 0 Å². The van der Waals surface area contributed by atoms with Crippen molar-refractivity contribution in [2.24, 2.45) is 34.5 Å². The van der Waals surface area contributed by atoms with E-state index in [0.717, 1.165) is 32.1 Å². The number of carbonyl (C=O) groups is 1. The highest BCUT2D eigenvalue weighted by Crippen LogP contribution is 2.69. The van der Waals surface area contributed by atoms with Gasteiger partial charge in [-0.25, -0.2) is 0 Å². The average molecular weight is 615 g/mol. The van der Waals surface area contributed by atoms with Crippen LogP contribution < -0.4 is 0 Å². The van der Waals surface area contributed by atoms with Crippen LogP contribution in [0.15, 0.2) is 0 Å². The Morgan fingerprint density at radius 1 is 0.721 bits per heavy atom. The molecule has 0 aromatic rings. The molecule has 17 atom stereocenters.